The van der Waals surface area contributed by atoms with Gasteiger partial charge in [-0.1, -0.05) is 31.5 Å². The summed E-state index contributed by atoms with van der Waals surface area (Å²) in [7, 11) is 2.23. The van der Waals surface area contributed by atoms with Crippen LogP contribution in [0, 0.1) is 12.8 Å². The molecule has 0 spiro atoms. The number of rotatable bonds is 7. The van der Waals surface area contributed by atoms with E-state index in [1.165, 1.54) is 56.4 Å². The lowest BCUT2D eigenvalue weighted by Gasteiger charge is -2.26. The van der Waals surface area contributed by atoms with Crippen molar-refractivity contribution in [3.8, 4) is 0 Å². The topological polar surface area (TPSA) is 15.3 Å². The molecular weight excluding hydrogens is 244 g/mol. The lowest BCUT2D eigenvalue weighted by Crippen LogP contribution is -2.34. The Morgan fingerprint density at radius 2 is 2.05 bits per heavy atom. The molecule has 2 heteroatoms. The molecule has 1 saturated carbocycles. The lowest BCUT2D eigenvalue weighted by atomic mass is 9.99. The Morgan fingerprint density at radius 3 is 2.80 bits per heavy atom. The quantitative estimate of drug-likeness (QED) is 0.809. The summed E-state index contributed by atoms with van der Waals surface area (Å²) in [5.74, 6) is 0.869. The molecule has 1 N–H and O–H groups in total. The van der Waals surface area contributed by atoms with Crippen LogP contribution in [0.15, 0.2) is 24.3 Å². The zero-order valence-corrected chi connectivity index (χ0v) is 13.4. The Labute approximate surface area is 124 Å². The van der Waals surface area contributed by atoms with Gasteiger partial charge in [-0.2, -0.15) is 0 Å². The lowest BCUT2D eigenvalue weighted by molar-refractivity contribution is 0.382. The fraction of sp³-hybridized carbons (Fsp3) is 0.667. The van der Waals surface area contributed by atoms with Crippen LogP contribution in [0.3, 0.4) is 0 Å². The summed E-state index contributed by atoms with van der Waals surface area (Å²) in [6, 6.07) is 9.46. The van der Waals surface area contributed by atoms with E-state index >= 15 is 0 Å². The molecule has 0 bridgehead atoms. The number of nitrogens with zero attached hydrogens (tertiary/aromatic N) is 1. The average Bonchev–Trinajstić information content (AvgIpc) is 2.90. The first kappa shape index (κ1) is 15.4. The van der Waals surface area contributed by atoms with Crippen molar-refractivity contribution >= 4 is 5.69 Å². The predicted molar refractivity (Wildman–Crippen MR) is 88.5 cm³/mol. The number of benzene rings is 1. The second-order valence-corrected chi connectivity index (χ2v) is 6.25. The Bertz CT molecular complexity index is 402. The molecule has 2 rings (SSSR count). The largest absolute Gasteiger partial charge is 0.374 e. The van der Waals surface area contributed by atoms with Crippen LogP contribution in [-0.4, -0.2) is 26.2 Å². The van der Waals surface area contributed by atoms with E-state index in [4.69, 9.17) is 0 Å². The number of hydrogen-bond donors (Lipinski definition) is 1. The van der Waals surface area contributed by atoms with Crippen molar-refractivity contribution in [1.29, 1.82) is 0 Å². The molecule has 20 heavy (non-hydrogen) atoms. The molecule has 0 aliphatic heterocycles. The summed E-state index contributed by atoms with van der Waals surface area (Å²) < 4.78 is 0. The Kier molecular flexibility index (Phi) is 5.90. The van der Waals surface area contributed by atoms with Crippen LogP contribution in [0.2, 0.25) is 0 Å². The number of nitrogens with one attached hydrogen (secondary N) is 1. The Balaban J connectivity index is 1.83. The highest BCUT2D eigenvalue weighted by Gasteiger charge is 2.26. The summed E-state index contributed by atoms with van der Waals surface area (Å²) in [5.41, 5.74) is 2.76. The molecule has 0 saturated heterocycles. The van der Waals surface area contributed by atoms with Crippen LogP contribution in [0.4, 0.5) is 5.69 Å². The molecule has 2 unspecified atom stereocenters. The van der Waals surface area contributed by atoms with Gasteiger partial charge in [0.05, 0.1) is 0 Å². The molecule has 2 atom stereocenters. The van der Waals surface area contributed by atoms with E-state index in [2.05, 4.69) is 55.4 Å². The minimum atomic E-state index is 0.764. The van der Waals surface area contributed by atoms with Gasteiger partial charge in [0.1, 0.15) is 0 Å². The summed E-state index contributed by atoms with van der Waals surface area (Å²) in [6.45, 7) is 6.80. The maximum absolute atomic E-state index is 3.74. The van der Waals surface area contributed by atoms with Crippen molar-refractivity contribution in [1.82, 2.24) is 5.32 Å². The zero-order valence-electron chi connectivity index (χ0n) is 13.4. The summed E-state index contributed by atoms with van der Waals surface area (Å²) in [5, 5.41) is 3.74. The van der Waals surface area contributed by atoms with Crippen LogP contribution >= 0.6 is 0 Å². The van der Waals surface area contributed by atoms with E-state index in [1.54, 1.807) is 0 Å². The predicted octanol–water partition coefficient (Wildman–Crippen LogP) is 3.99. The van der Waals surface area contributed by atoms with Crippen LogP contribution in [0.25, 0.3) is 0 Å². The summed E-state index contributed by atoms with van der Waals surface area (Å²) in [6.07, 6.45) is 6.74. The third-order valence-corrected chi connectivity index (χ3v) is 4.68. The SMILES string of the molecule is CCCNC1CCCC1CCN(C)c1ccccc1C. The number of aryl methyl sites for hydroxylation is 1. The van der Waals surface area contributed by atoms with Crippen molar-refractivity contribution in [3.63, 3.8) is 0 Å². The Morgan fingerprint density at radius 1 is 1.25 bits per heavy atom. The monoisotopic (exact) mass is 274 g/mol. The molecule has 0 heterocycles. The number of anilines is 1. The first-order valence-electron chi connectivity index (χ1n) is 8.22. The summed E-state index contributed by atoms with van der Waals surface area (Å²) >= 11 is 0. The molecule has 1 aromatic carbocycles. The van der Waals surface area contributed by atoms with Gasteiger partial charge in [-0.25, -0.2) is 0 Å². The van der Waals surface area contributed by atoms with Crippen molar-refractivity contribution in [3.05, 3.63) is 29.8 Å². The van der Waals surface area contributed by atoms with E-state index in [0.717, 1.165) is 12.0 Å². The number of para-hydroxylation sites is 1. The third-order valence-electron chi connectivity index (χ3n) is 4.68. The number of hydrogen-bond acceptors (Lipinski definition) is 2. The van der Waals surface area contributed by atoms with Crippen molar-refractivity contribution in [2.24, 2.45) is 5.92 Å². The van der Waals surface area contributed by atoms with Gasteiger partial charge in [0.2, 0.25) is 0 Å². The molecule has 0 amide bonds. The maximum Gasteiger partial charge on any atom is 0.0393 e. The van der Waals surface area contributed by atoms with Gasteiger partial charge in [-0.05, 0) is 56.7 Å². The minimum absolute atomic E-state index is 0.764. The smallest absolute Gasteiger partial charge is 0.0393 e. The third kappa shape index (κ3) is 3.99. The standard InChI is InChI=1S/C18H30N2/c1-4-13-19-17-10-7-9-16(17)12-14-20(3)18-11-6-5-8-15(18)2/h5-6,8,11,16-17,19H,4,7,9-10,12-14H2,1-3H3. The van der Waals surface area contributed by atoms with Gasteiger partial charge >= 0.3 is 0 Å². The van der Waals surface area contributed by atoms with Crippen LogP contribution in [0.5, 0.6) is 0 Å². The molecule has 1 aliphatic carbocycles. The first-order chi connectivity index (χ1) is 9.72. The molecule has 2 nitrogen and oxygen atoms in total. The van der Waals surface area contributed by atoms with Gasteiger partial charge < -0.3 is 10.2 Å². The van der Waals surface area contributed by atoms with Gasteiger partial charge in [-0.15, -0.1) is 0 Å². The molecule has 1 aliphatic rings. The maximum atomic E-state index is 3.74. The molecule has 1 fully saturated rings. The first-order valence-corrected chi connectivity index (χ1v) is 8.22. The van der Waals surface area contributed by atoms with Crippen LogP contribution in [-0.2, 0) is 0 Å². The molecule has 0 aromatic heterocycles. The van der Waals surface area contributed by atoms with Crippen LogP contribution < -0.4 is 10.2 Å². The van der Waals surface area contributed by atoms with Crippen molar-refractivity contribution < 1.29 is 0 Å². The van der Waals surface area contributed by atoms with E-state index < -0.39 is 0 Å². The van der Waals surface area contributed by atoms with Crippen LogP contribution in [0.1, 0.15) is 44.6 Å². The fourth-order valence-corrected chi connectivity index (χ4v) is 3.45. The van der Waals surface area contributed by atoms with E-state index in [9.17, 15) is 0 Å². The van der Waals surface area contributed by atoms with E-state index in [-0.39, 0.29) is 0 Å². The van der Waals surface area contributed by atoms with E-state index in [1.807, 2.05) is 0 Å². The summed E-state index contributed by atoms with van der Waals surface area (Å²) in [4.78, 5) is 2.42. The highest BCUT2D eigenvalue weighted by Crippen LogP contribution is 2.29. The molecule has 0 radical (unpaired) electrons. The fourth-order valence-electron chi connectivity index (χ4n) is 3.45. The van der Waals surface area contributed by atoms with Gasteiger partial charge in [0.15, 0.2) is 0 Å². The zero-order chi connectivity index (χ0) is 14.4. The highest BCUT2D eigenvalue weighted by atomic mass is 15.1. The van der Waals surface area contributed by atoms with Crippen molar-refractivity contribution in [2.75, 3.05) is 25.0 Å². The van der Waals surface area contributed by atoms with Gasteiger partial charge in [0, 0.05) is 25.3 Å². The second kappa shape index (κ2) is 7.68. The normalized spacial score (nSPS) is 22.1. The van der Waals surface area contributed by atoms with Gasteiger partial charge in [0.25, 0.3) is 0 Å². The second-order valence-electron chi connectivity index (χ2n) is 6.25. The van der Waals surface area contributed by atoms with Crippen molar-refractivity contribution in [2.45, 2.75) is 52.0 Å². The molecule has 112 valence electrons. The Hall–Kier alpha value is -1.02. The highest BCUT2D eigenvalue weighted by molar-refractivity contribution is 5.52. The van der Waals surface area contributed by atoms with Gasteiger partial charge in [-0.3, -0.25) is 0 Å². The molecule has 1 aromatic rings. The minimum Gasteiger partial charge on any atom is -0.374 e. The average molecular weight is 274 g/mol. The molecular formula is C18H30N2. The van der Waals surface area contributed by atoms with E-state index in [0.29, 0.717) is 0 Å².